The first kappa shape index (κ1) is 20.6. The van der Waals surface area contributed by atoms with Gasteiger partial charge < -0.3 is 9.80 Å². The number of anilines is 1. The van der Waals surface area contributed by atoms with Crippen molar-refractivity contribution in [3.05, 3.63) is 28.3 Å². The minimum Gasteiger partial charge on any atom is -0.366 e. The highest BCUT2D eigenvalue weighted by atomic mass is 32.2. The maximum Gasteiger partial charge on any atom is 0.293 e. The van der Waals surface area contributed by atoms with Gasteiger partial charge in [0.05, 0.1) is 9.82 Å². The molecule has 0 aromatic heterocycles. The predicted molar refractivity (Wildman–Crippen MR) is 104 cm³/mol. The molecule has 8 heteroatoms. The van der Waals surface area contributed by atoms with Gasteiger partial charge in [-0.1, -0.05) is 13.3 Å². The Bertz CT molecular complexity index is 728. The Labute approximate surface area is 156 Å². The lowest BCUT2D eigenvalue weighted by molar-refractivity contribution is -0.384. The summed E-state index contributed by atoms with van der Waals surface area (Å²) in [5.41, 5.74) is 0.381. The molecular formula is C18H29N3O4S. The van der Waals surface area contributed by atoms with Gasteiger partial charge in [0.1, 0.15) is 5.69 Å². The normalized spacial score (nSPS) is 16.2. The summed E-state index contributed by atoms with van der Waals surface area (Å²) in [4.78, 5) is 15.3. The summed E-state index contributed by atoms with van der Waals surface area (Å²) in [7, 11) is -1.32. The van der Waals surface area contributed by atoms with Crippen LogP contribution in [0.25, 0.3) is 0 Å². The van der Waals surface area contributed by atoms with Crippen molar-refractivity contribution in [1.29, 1.82) is 0 Å². The maximum absolute atomic E-state index is 11.7. The maximum atomic E-state index is 11.7. The highest BCUT2D eigenvalue weighted by Gasteiger charge is 2.26. The molecule has 2 rings (SSSR count). The Hall–Kier alpha value is -1.67. The second kappa shape index (κ2) is 8.81. The van der Waals surface area contributed by atoms with E-state index in [2.05, 4.69) is 18.9 Å². The minimum atomic E-state index is -3.46. The van der Waals surface area contributed by atoms with Gasteiger partial charge in [-0.25, -0.2) is 8.42 Å². The molecule has 0 radical (unpaired) electrons. The largest absolute Gasteiger partial charge is 0.366 e. The molecule has 1 heterocycles. The van der Waals surface area contributed by atoms with Gasteiger partial charge >= 0.3 is 0 Å². The summed E-state index contributed by atoms with van der Waals surface area (Å²) in [6.07, 6.45) is 5.43. The third-order valence-electron chi connectivity index (χ3n) is 4.99. The van der Waals surface area contributed by atoms with Crippen molar-refractivity contribution in [2.75, 3.05) is 44.4 Å². The van der Waals surface area contributed by atoms with Crippen molar-refractivity contribution < 1.29 is 13.3 Å². The Balaban J connectivity index is 2.06. The van der Waals surface area contributed by atoms with Crippen LogP contribution in [0.4, 0.5) is 11.4 Å². The molecule has 146 valence electrons. The van der Waals surface area contributed by atoms with Crippen LogP contribution in [0, 0.1) is 16.0 Å². The van der Waals surface area contributed by atoms with Gasteiger partial charge in [0, 0.05) is 32.0 Å². The molecule has 1 aromatic rings. The van der Waals surface area contributed by atoms with Gasteiger partial charge in [0.2, 0.25) is 0 Å². The fourth-order valence-electron chi connectivity index (χ4n) is 3.46. The number of rotatable bonds is 8. The summed E-state index contributed by atoms with van der Waals surface area (Å²) >= 11 is 0. The van der Waals surface area contributed by atoms with Crippen LogP contribution in [-0.4, -0.2) is 57.7 Å². The Morgan fingerprint density at radius 3 is 2.50 bits per heavy atom. The Kier molecular flexibility index (Phi) is 7.00. The first-order valence-electron chi connectivity index (χ1n) is 9.14. The van der Waals surface area contributed by atoms with Gasteiger partial charge in [-0.05, 0) is 50.9 Å². The van der Waals surface area contributed by atoms with Crippen LogP contribution in [-0.2, 0) is 9.84 Å². The third-order valence-corrected chi connectivity index (χ3v) is 6.10. The van der Waals surface area contributed by atoms with Crippen molar-refractivity contribution in [3.63, 3.8) is 0 Å². The molecule has 0 spiro atoms. The SMILES string of the molecule is CCCCN(C)CC1CCN(c2ccc(S(C)(=O)=O)cc2[N+](=O)[O-])CC1. The van der Waals surface area contributed by atoms with Crippen molar-refractivity contribution in [2.45, 2.75) is 37.5 Å². The third kappa shape index (κ3) is 5.41. The highest BCUT2D eigenvalue weighted by Crippen LogP contribution is 2.33. The van der Waals surface area contributed by atoms with Crippen LogP contribution in [0.3, 0.4) is 0 Å². The fourth-order valence-corrected chi connectivity index (χ4v) is 4.11. The molecule has 1 fully saturated rings. The van der Waals surface area contributed by atoms with Crippen molar-refractivity contribution in [1.82, 2.24) is 4.90 Å². The lowest BCUT2D eigenvalue weighted by Crippen LogP contribution is -2.38. The average Bonchev–Trinajstić information content (AvgIpc) is 2.59. The smallest absolute Gasteiger partial charge is 0.293 e. The first-order chi connectivity index (χ1) is 12.2. The van der Waals surface area contributed by atoms with E-state index in [0.29, 0.717) is 11.6 Å². The standard InChI is InChI=1S/C18H29N3O4S/c1-4-5-10-19(2)14-15-8-11-20(12-9-15)17-7-6-16(26(3,24)25)13-18(17)21(22)23/h6-7,13,15H,4-5,8-12,14H2,1-3H3. The molecule has 1 aliphatic heterocycles. The molecule has 1 aliphatic rings. The first-order valence-corrected chi connectivity index (χ1v) is 11.0. The number of unbranched alkanes of at least 4 members (excludes halogenated alkanes) is 1. The van der Waals surface area contributed by atoms with Crippen molar-refractivity contribution in [3.8, 4) is 0 Å². The molecule has 0 amide bonds. The van der Waals surface area contributed by atoms with E-state index in [-0.39, 0.29) is 10.6 Å². The van der Waals surface area contributed by atoms with E-state index in [1.807, 2.05) is 4.90 Å². The average molecular weight is 384 g/mol. The molecule has 0 atom stereocenters. The van der Waals surface area contributed by atoms with Crippen LogP contribution in [0.15, 0.2) is 23.1 Å². The number of nitro groups is 1. The number of hydrogen-bond donors (Lipinski definition) is 0. The zero-order valence-electron chi connectivity index (χ0n) is 15.8. The summed E-state index contributed by atoms with van der Waals surface area (Å²) in [5.74, 6) is 0.599. The molecule has 26 heavy (non-hydrogen) atoms. The predicted octanol–water partition coefficient (Wildman–Crippen LogP) is 2.95. The van der Waals surface area contributed by atoms with E-state index < -0.39 is 14.8 Å². The fraction of sp³-hybridized carbons (Fsp3) is 0.667. The van der Waals surface area contributed by atoms with E-state index >= 15 is 0 Å². The van der Waals surface area contributed by atoms with E-state index in [4.69, 9.17) is 0 Å². The number of sulfone groups is 1. The van der Waals surface area contributed by atoms with E-state index in [9.17, 15) is 18.5 Å². The van der Waals surface area contributed by atoms with Crippen molar-refractivity contribution in [2.24, 2.45) is 5.92 Å². The summed E-state index contributed by atoms with van der Waals surface area (Å²) in [6.45, 7) is 5.86. The van der Waals surface area contributed by atoms with Crippen LogP contribution < -0.4 is 4.90 Å². The van der Waals surface area contributed by atoms with Crippen molar-refractivity contribution >= 4 is 21.2 Å². The number of piperidine rings is 1. The monoisotopic (exact) mass is 383 g/mol. The molecule has 0 bridgehead atoms. The minimum absolute atomic E-state index is 0.0135. The Morgan fingerprint density at radius 1 is 1.31 bits per heavy atom. The highest BCUT2D eigenvalue weighted by molar-refractivity contribution is 7.90. The molecule has 0 aliphatic carbocycles. The molecule has 7 nitrogen and oxygen atoms in total. The topological polar surface area (TPSA) is 83.8 Å². The molecule has 0 saturated carbocycles. The molecule has 0 N–H and O–H groups in total. The van der Waals surface area contributed by atoms with Crippen LogP contribution in [0.2, 0.25) is 0 Å². The van der Waals surface area contributed by atoms with E-state index in [1.165, 1.54) is 25.0 Å². The van der Waals surface area contributed by atoms with Crippen LogP contribution in [0.5, 0.6) is 0 Å². The lowest BCUT2D eigenvalue weighted by atomic mass is 9.95. The molecule has 1 saturated heterocycles. The van der Waals surface area contributed by atoms with Gasteiger partial charge in [0.15, 0.2) is 9.84 Å². The zero-order valence-corrected chi connectivity index (χ0v) is 16.7. The number of nitro benzene ring substituents is 1. The quantitative estimate of drug-likeness (QED) is 0.507. The summed E-state index contributed by atoms with van der Waals surface area (Å²) in [5, 5.41) is 11.4. The van der Waals surface area contributed by atoms with Gasteiger partial charge in [-0.3, -0.25) is 10.1 Å². The van der Waals surface area contributed by atoms with Gasteiger partial charge in [-0.15, -0.1) is 0 Å². The summed E-state index contributed by atoms with van der Waals surface area (Å²) in [6, 6.07) is 4.21. The molecule has 0 unspecified atom stereocenters. The lowest BCUT2D eigenvalue weighted by Gasteiger charge is -2.35. The van der Waals surface area contributed by atoms with Crippen LogP contribution in [0.1, 0.15) is 32.6 Å². The van der Waals surface area contributed by atoms with E-state index in [1.54, 1.807) is 6.07 Å². The second-order valence-corrected chi connectivity index (χ2v) is 9.24. The Morgan fingerprint density at radius 2 is 1.96 bits per heavy atom. The van der Waals surface area contributed by atoms with E-state index in [0.717, 1.165) is 45.3 Å². The van der Waals surface area contributed by atoms with Gasteiger partial charge in [0.25, 0.3) is 5.69 Å². The zero-order chi connectivity index (χ0) is 19.3. The van der Waals surface area contributed by atoms with Crippen LogP contribution >= 0.6 is 0 Å². The number of hydrogen-bond acceptors (Lipinski definition) is 6. The molecule has 1 aromatic carbocycles. The van der Waals surface area contributed by atoms with Gasteiger partial charge in [-0.2, -0.15) is 0 Å². The number of nitrogens with zero attached hydrogens (tertiary/aromatic N) is 3. The number of benzene rings is 1. The summed E-state index contributed by atoms with van der Waals surface area (Å²) < 4.78 is 23.4. The second-order valence-electron chi connectivity index (χ2n) is 7.23. The molecular weight excluding hydrogens is 354 g/mol.